The van der Waals surface area contributed by atoms with Crippen molar-refractivity contribution >= 4 is 41.0 Å². The Bertz CT molecular complexity index is 1410. The Balaban J connectivity index is 1.31. The molecule has 2 heterocycles. The van der Waals surface area contributed by atoms with Crippen molar-refractivity contribution in [3.05, 3.63) is 75.4 Å². The zero-order chi connectivity index (χ0) is 27.4. The van der Waals surface area contributed by atoms with E-state index in [1.165, 1.54) is 0 Å². The molecule has 1 aromatic carbocycles. The van der Waals surface area contributed by atoms with Crippen LogP contribution in [0.1, 0.15) is 57.7 Å². The largest absolute Gasteiger partial charge is 0.400 e. The van der Waals surface area contributed by atoms with Gasteiger partial charge in [0.2, 0.25) is 11.8 Å². The van der Waals surface area contributed by atoms with E-state index in [0.717, 1.165) is 23.2 Å². The van der Waals surface area contributed by atoms with E-state index < -0.39 is 0 Å². The van der Waals surface area contributed by atoms with Gasteiger partial charge in [-0.3, -0.25) is 19.2 Å². The number of hydrogen-bond acceptors (Lipinski definition) is 5. The Hall–Kier alpha value is -4.60. The molecule has 0 fully saturated rings. The number of amides is 4. The van der Waals surface area contributed by atoms with Gasteiger partial charge in [-0.25, -0.2) is 0 Å². The van der Waals surface area contributed by atoms with E-state index in [1.807, 2.05) is 38.1 Å². The molecule has 0 unspecified atom stereocenters. The van der Waals surface area contributed by atoms with Crippen LogP contribution in [0.4, 0.5) is 5.69 Å². The molecule has 10 heteroatoms. The molecular weight excluding hydrogens is 484 g/mol. The number of carbonyl (C=O) groups is 4. The van der Waals surface area contributed by atoms with E-state index in [9.17, 15) is 19.2 Å². The lowest BCUT2D eigenvalue weighted by Gasteiger charge is -2.13. The number of rotatable bonds is 8. The minimum Gasteiger partial charge on any atom is -0.400 e. The number of anilines is 1. The van der Waals surface area contributed by atoms with Gasteiger partial charge in [-0.05, 0) is 63.5 Å². The summed E-state index contributed by atoms with van der Waals surface area (Å²) < 4.78 is 0. The molecule has 4 amide bonds. The highest BCUT2D eigenvalue weighted by atomic mass is 16.2. The van der Waals surface area contributed by atoms with Gasteiger partial charge >= 0.3 is 0 Å². The Labute approximate surface area is 220 Å². The van der Waals surface area contributed by atoms with Crippen molar-refractivity contribution in [1.29, 1.82) is 0 Å². The maximum absolute atomic E-state index is 12.9. The minimum absolute atomic E-state index is 0.0134. The molecule has 7 N–H and O–H groups in total. The van der Waals surface area contributed by atoms with Crippen LogP contribution in [-0.4, -0.2) is 41.7 Å². The van der Waals surface area contributed by atoms with Crippen LogP contribution in [0.3, 0.4) is 0 Å². The van der Waals surface area contributed by atoms with Crippen molar-refractivity contribution in [2.24, 2.45) is 5.73 Å². The van der Waals surface area contributed by atoms with Gasteiger partial charge < -0.3 is 32.0 Å². The first kappa shape index (κ1) is 26.5. The fraction of sp³-hybridized carbons (Fsp3) is 0.286. The standard InChI is InChI=1S/C28H32N6O4/c1-15-8-9-21-18(12-15)19(27(37)34-21)13-23-16(2)26(17(3)32-23)28(38)30-11-10-24(35)31-14-25(36)33-22-7-5-4-6-20(22)29/h5,7-9,12-13,32H,4,6,10-11,14,29H2,1-3H3,(H,30,38)(H,31,35)(H,33,36)(H,34,37)/b19-13-. The third-order valence-electron chi connectivity index (χ3n) is 6.52. The smallest absolute Gasteiger partial charge is 0.256 e. The lowest BCUT2D eigenvalue weighted by Crippen LogP contribution is -2.38. The number of nitrogens with two attached hydrogens (primary N) is 1. The normalized spacial score (nSPS) is 15.3. The van der Waals surface area contributed by atoms with Crippen LogP contribution in [0, 0.1) is 20.8 Å². The summed E-state index contributed by atoms with van der Waals surface area (Å²) in [6, 6.07) is 5.76. The Morgan fingerprint density at radius 3 is 2.66 bits per heavy atom. The van der Waals surface area contributed by atoms with Gasteiger partial charge in [-0.1, -0.05) is 17.7 Å². The van der Waals surface area contributed by atoms with Crippen LogP contribution in [0.15, 0.2) is 41.7 Å². The predicted octanol–water partition coefficient (Wildman–Crippen LogP) is 2.31. The maximum atomic E-state index is 12.9. The Morgan fingerprint density at radius 2 is 1.89 bits per heavy atom. The molecular formula is C28H32N6O4. The lowest BCUT2D eigenvalue weighted by molar-refractivity contribution is -0.125. The number of hydrogen-bond donors (Lipinski definition) is 6. The van der Waals surface area contributed by atoms with Gasteiger partial charge in [0.25, 0.3) is 11.8 Å². The molecule has 1 aliphatic carbocycles. The highest BCUT2D eigenvalue weighted by molar-refractivity contribution is 6.35. The summed E-state index contributed by atoms with van der Waals surface area (Å²) in [4.78, 5) is 52.9. The van der Waals surface area contributed by atoms with E-state index >= 15 is 0 Å². The van der Waals surface area contributed by atoms with Gasteiger partial charge in [0.05, 0.1) is 23.4 Å². The summed E-state index contributed by atoms with van der Waals surface area (Å²) in [5.41, 5.74) is 12.7. The molecule has 0 spiro atoms. The van der Waals surface area contributed by atoms with E-state index in [1.54, 1.807) is 19.1 Å². The van der Waals surface area contributed by atoms with Crippen molar-refractivity contribution in [3.63, 3.8) is 0 Å². The van der Waals surface area contributed by atoms with Crippen molar-refractivity contribution in [3.8, 4) is 0 Å². The molecule has 0 saturated carbocycles. The second kappa shape index (κ2) is 11.2. The van der Waals surface area contributed by atoms with Gasteiger partial charge in [-0.2, -0.15) is 0 Å². The average molecular weight is 517 g/mol. The van der Waals surface area contributed by atoms with Gasteiger partial charge in [0.15, 0.2) is 0 Å². The van der Waals surface area contributed by atoms with E-state index in [2.05, 4.69) is 26.3 Å². The molecule has 0 atom stereocenters. The molecule has 10 nitrogen and oxygen atoms in total. The fourth-order valence-corrected chi connectivity index (χ4v) is 4.49. The summed E-state index contributed by atoms with van der Waals surface area (Å²) in [6.45, 7) is 5.46. The van der Waals surface area contributed by atoms with Crippen molar-refractivity contribution in [2.75, 3.05) is 18.4 Å². The first-order valence-electron chi connectivity index (χ1n) is 12.5. The van der Waals surface area contributed by atoms with E-state index in [-0.39, 0.29) is 43.1 Å². The second-order valence-electron chi connectivity index (χ2n) is 9.44. The third kappa shape index (κ3) is 5.86. The lowest BCUT2D eigenvalue weighted by atomic mass is 10.0. The maximum Gasteiger partial charge on any atom is 0.256 e. The van der Waals surface area contributed by atoms with E-state index in [0.29, 0.717) is 45.9 Å². The van der Waals surface area contributed by atoms with Crippen LogP contribution in [0.5, 0.6) is 0 Å². The summed E-state index contributed by atoms with van der Waals surface area (Å²) in [5.74, 6) is -1.26. The monoisotopic (exact) mass is 516 g/mol. The molecule has 2 aromatic rings. The van der Waals surface area contributed by atoms with Crippen molar-refractivity contribution in [2.45, 2.75) is 40.0 Å². The topological polar surface area (TPSA) is 158 Å². The number of aromatic amines is 1. The Morgan fingerprint density at radius 1 is 1.11 bits per heavy atom. The number of fused-ring (bicyclic) bond motifs is 1. The van der Waals surface area contributed by atoms with Gasteiger partial charge in [0.1, 0.15) is 0 Å². The molecule has 4 rings (SSSR count). The molecule has 1 aromatic heterocycles. The quantitative estimate of drug-likeness (QED) is 0.297. The number of benzene rings is 1. The number of nitrogens with one attached hydrogen (secondary N) is 5. The van der Waals surface area contributed by atoms with E-state index in [4.69, 9.17) is 5.73 Å². The number of aromatic nitrogens is 1. The summed E-state index contributed by atoms with van der Waals surface area (Å²) >= 11 is 0. The summed E-state index contributed by atoms with van der Waals surface area (Å²) in [5, 5.41) is 10.8. The zero-order valence-electron chi connectivity index (χ0n) is 21.7. The van der Waals surface area contributed by atoms with Gasteiger partial charge in [0, 0.05) is 41.3 Å². The van der Waals surface area contributed by atoms with Crippen LogP contribution in [0.25, 0.3) is 11.6 Å². The molecule has 38 heavy (non-hydrogen) atoms. The molecule has 0 bridgehead atoms. The van der Waals surface area contributed by atoms with Gasteiger partial charge in [-0.15, -0.1) is 0 Å². The Kier molecular flexibility index (Phi) is 7.80. The third-order valence-corrected chi connectivity index (χ3v) is 6.52. The number of carbonyl (C=O) groups excluding carboxylic acids is 4. The van der Waals surface area contributed by atoms with Crippen molar-refractivity contribution < 1.29 is 19.2 Å². The summed E-state index contributed by atoms with van der Waals surface area (Å²) in [6.07, 6.45) is 6.96. The average Bonchev–Trinajstić information content (AvgIpc) is 3.33. The van der Waals surface area contributed by atoms with Crippen LogP contribution in [0.2, 0.25) is 0 Å². The fourth-order valence-electron chi connectivity index (χ4n) is 4.49. The number of allylic oxidation sites excluding steroid dienone is 3. The molecule has 0 saturated heterocycles. The zero-order valence-corrected chi connectivity index (χ0v) is 21.7. The highest BCUT2D eigenvalue weighted by Gasteiger charge is 2.25. The first-order valence-corrected chi connectivity index (χ1v) is 12.5. The molecule has 0 radical (unpaired) electrons. The van der Waals surface area contributed by atoms with Crippen molar-refractivity contribution in [1.82, 2.24) is 20.9 Å². The second-order valence-corrected chi connectivity index (χ2v) is 9.44. The molecule has 198 valence electrons. The number of H-pyrrole nitrogens is 1. The highest BCUT2D eigenvalue weighted by Crippen LogP contribution is 2.34. The summed E-state index contributed by atoms with van der Waals surface area (Å²) in [7, 11) is 0. The first-order chi connectivity index (χ1) is 18.1. The SMILES string of the molecule is Cc1ccc2c(c1)/C(=C/c1[nH]c(C)c(C(=O)NCCC(=O)NCC(=O)NC3=C(N)CCC=C3)c1C)C(=O)N2. The molecule has 2 aliphatic rings. The predicted molar refractivity (Wildman–Crippen MR) is 146 cm³/mol. The minimum atomic E-state index is -0.374. The molecule has 1 aliphatic heterocycles. The number of aryl methyl sites for hydroxylation is 2. The van der Waals surface area contributed by atoms with Crippen LogP contribution < -0.4 is 27.0 Å². The van der Waals surface area contributed by atoms with Crippen LogP contribution in [-0.2, 0) is 14.4 Å². The van der Waals surface area contributed by atoms with Crippen LogP contribution >= 0.6 is 0 Å².